The molecule has 1 nitrogen and oxygen atoms in total. The minimum absolute atomic E-state index is 0. The molecule has 0 spiro atoms. The van der Waals surface area contributed by atoms with Crippen LogP contribution >= 0.6 is 0 Å². The van der Waals surface area contributed by atoms with Gasteiger partial charge in [-0.25, -0.2) is 0 Å². The molecule has 0 aliphatic heterocycles. The molecule has 0 aromatic heterocycles. The molecule has 1 rings (SSSR count). The molecule has 0 amide bonds. The summed E-state index contributed by atoms with van der Waals surface area (Å²) >= 11 is 0. The molecule has 0 N–H and O–H groups in total. The van der Waals surface area contributed by atoms with Crippen molar-refractivity contribution in [3.8, 4) is 0 Å². The molecule has 0 saturated carbocycles. The van der Waals surface area contributed by atoms with Crippen LogP contribution in [0.4, 0.5) is 0 Å². The second-order valence-corrected chi connectivity index (χ2v) is 3.30. The number of hydrogen-bond donors (Lipinski definition) is 0. The molecule has 0 fully saturated rings. The summed E-state index contributed by atoms with van der Waals surface area (Å²) in [4.78, 5) is 0. The van der Waals surface area contributed by atoms with Gasteiger partial charge in [-0.3, -0.25) is 0 Å². The van der Waals surface area contributed by atoms with Crippen LogP contribution in [-0.4, -0.2) is 25.6 Å². The van der Waals surface area contributed by atoms with E-state index in [0.29, 0.717) is 0 Å². The van der Waals surface area contributed by atoms with Crippen LogP contribution in [0.5, 0.6) is 0 Å². The summed E-state index contributed by atoms with van der Waals surface area (Å²) in [6.45, 7) is 0. The van der Waals surface area contributed by atoms with Crippen molar-refractivity contribution < 1.29 is 27.6 Å². The maximum absolute atomic E-state index is 2.19. The Morgan fingerprint density at radius 3 is 2.20 bits per heavy atom. The number of hydrogen-bond acceptors (Lipinski definition) is 0. The van der Waals surface area contributed by atoms with Crippen molar-refractivity contribution in [3.63, 3.8) is 0 Å². The summed E-state index contributed by atoms with van der Waals surface area (Å²) < 4.78 is 0.965. The minimum Gasteiger partial charge on any atom is -1.00 e. The molecule has 0 unspecified atom stereocenters. The van der Waals surface area contributed by atoms with Crippen LogP contribution < -0.4 is 0 Å². The fourth-order valence-electron chi connectivity index (χ4n) is 0.933. The molecule has 1 aliphatic carbocycles. The molecule has 0 atom stereocenters. The first-order chi connectivity index (χ1) is 4.11. The quantitative estimate of drug-likeness (QED) is 0.417. The van der Waals surface area contributed by atoms with Crippen LogP contribution in [0.3, 0.4) is 0 Å². The average molecular weight is 173 g/mol. The van der Waals surface area contributed by atoms with Gasteiger partial charge in [0.1, 0.15) is 5.70 Å². The SMILES string of the molecule is C[N+](C)(C)C1=CC=CC1.[H-].[Ti]. The predicted octanol–water partition coefficient (Wildman–Crippen LogP) is 1.65. The molecule has 0 saturated heterocycles. The zero-order valence-corrected chi connectivity index (χ0v) is 8.45. The van der Waals surface area contributed by atoms with E-state index in [2.05, 4.69) is 39.4 Å². The van der Waals surface area contributed by atoms with E-state index in [1.165, 1.54) is 5.70 Å². The van der Waals surface area contributed by atoms with Crippen molar-refractivity contribution in [1.29, 1.82) is 0 Å². The van der Waals surface area contributed by atoms with E-state index in [0.717, 1.165) is 10.9 Å². The zero-order chi connectivity index (χ0) is 6.91. The Morgan fingerprint density at radius 1 is 1.40 bits per heavy atom. The number of allylic oxidation sites excluding steroid dienone is 3. The Hall–Kier alpha value is 0.154. The summed E-state index contributed by atoms with van der Waals surface area (Å²) in [5.41, 5.74) is 1.48. The van der Waals surface area contributed by atoms with Crippen molar-refractivity contribution in [2.24, 2.45) is 0 Å². The van der Waals surface area contributed by atoms with E-state index >= 15 is 0 Å². The van der Waals surface area contributed by atoms with Gasteiger partial charge in [0.15, 0.2) is 0 Å². The Balaban J connectivity index is 0. The van der Waals surface area contributed by atoms with E-state index in [4.69, 9.17) is 0 Å². The van der Waals surface area contributed by atoms with Gasteiger partial charge in [0.05, 0.1) is 21.1 Å². The van der Waals surface area contributed by atoms with Crippen LogP contribution in [0.25, 0.3) is 0 Å². The van der Waals surface area contributed by atoms with Crippen LogP contribution in [0.2, 0.25) is 0 Å². The van der Waals surface area contributed by atoms with E-state index in [-0.39, 0.29) is 23.1 Å². The van der Waals surface area contributed by atoms with Gasteiger partial charge in [0.2, 0.25) is 0 Å². The van der Waals surface area contributed by atoms with E-state index in [1.807, 2.05) is 0 Å². The van der Waals surface area contributed by atoms with Gasteiger partial charge in [-0.05, 0) is 6.08 Å². The molecule has 0 aromatic carbocycles. The fraction of sp³-hybridized carbons (Fsp3) is 0.500. The molecule has 56 valence electrons. The van der Waals surface area contributed by atoms with Crippen molar-refractivity contribution >= 4 is 0 Å². The van der Waals surface area contributed by atoms with Crippen molar-refractivity contribution in [3.05, 3.63) is 23.9 Å². The topological polar surface area (TPSA) is 0 Å². The summed E-state index contributed by atoms with van der Waals surface area (Å²) in [5, 5.41) is 0. The number of quaternary nitrogens is 1. The molecule has 0 aromatic rings. The van der Waals surface area contributed by atoms with Gasteiger partial charge in [-0.15, -0.1) is 0 Å². The van der Waals surface area contributed by atoms with Gasteiger partial charge in [-0.2, -0.15) is 0 Å². The maximum Gasteiger partial charge on any atom is 0.112 e. The fourth-order valence-corrected chi connectivity index (χ4v) is 0.933. The van der Waals surface area contributed by atoms with Gasteiger partial charge < -0.3 is 5.91 Å². The Bertz CT molecular complexity index is 167. The standard InChI is InChI=1S/C8H14N.Ti.H/c1-9(2,3)8-6-4-5-7-8;;/h4-6H,7H2,1-3H3;;/q+1;;-1. The van der Waals surface area contributed by atoms with Gasteiger partial charge in [0.25, 0.3) is 0 Å². The minimum atomic E-state index is 0. The normalized spacial score (nSPS) is 16.5. The molecular formula is C8H15NTi. The van der Waals surface area contributed by atoms with Gasteiger partial charge >= 0.3 is 0 Å². The number of rotatable bonds is 1. The van der Waals surface area contributed by atoms with E-state index in [9.17, 15) is 0 Å². The maximum atomic E-state index is 2.19. The first-order valence-corrected chi connectivity index (χ1v) is 3.28. The third-order valence-corrected chi connectivity index (χ3v) is 1.61. The first kappa shape index (κ1) is 10.2. The predicted molar refractivity (Wildman–Crippen MR) is 41.0 cm³/mol. The van der Waals surface area contributed by atoms with Crippen molar-refractivity contribution in [1.82, 2.24) is 0 Å². The van der Waals surface area contributed by atoms with Crippen LogP contribution in [-0.2, 0) is 21.7 Å². The van der Waals surface area contributed by atoms with Crippen molar-refractivity contribution in [2.45, 2.75) is 6.42 Å². The molecule has 2 heteroatoms. The van der Waals surface area contributed by atoms with E-state index in [1.54, 1.807) is 0 Å². The number of nitrogens with zero attached hydrogens (tertiary/aromatic N) is 1. The average Bonchev–Trinajstić information content (AvgIpc) is 2.08. The second-order valence-electron chi connectivity index (χ2n) is 3.30. The summed E-state index contributed by atoms with van der Waals surface area (Å²) in [7, 11) is 6.58. The van der Waals surface area contributed by atoms with Crippen LogP contribution in [0.1, 0.15) is 7.85 Å². The van der Waals surface area contributed by atoms with Gasteiger partial charge in [-0.1, -0.05) is 12.2 Å². The van der Waals surface area contributed by atoms with Crippen molar-refractivity contribution in [2.75, 3.05) is 21.1 Å². The summed E-state index contributed by atoms with van der Waals surface area (Å²) in [6.07, 6.45) is 7.64. The molecule has 0 heterocycles. The first-order valence-electron chi connectivity index (χ1n) is 3.28. The second kappa shape index (κ2) is 3.52. The smallest absolute Gasteiger partial charge is 0.112 e. The molecule has 1 aliphatic rings. The summed E-state index contributed by atoms with van der Waals surface area (Å²) in [5.74, 6) is 0. The zero-order valence-electron chi connectivity index (χ0n) is 7.89. The van der Waals surface area contributed by atoms with Crippen LogP contribution in [0.15, 0.2) is 23.9 Å². The van der Waals surface area contributed by atoms with Crippen LogP contribution in [0, 0.1) is 0 Å². The Morgan fingerprint density at radius 2 is 2.00 bits per heavy atom. The molecule has 10 heavy (non-hydrogen) atoms. The van der Waals surface area contributed by atoms with Gasteiger partial charge in [0, 0.05) is 28.1 Å². The summed E-state index contributed by atoms with van der Waals surface area (Å²) in [6, 6.07) is 0. The third kappa shape index (κ3) is 2.41. The molecule has 0 radical (unpaired) electrons. The molecule has 0 bridgehead atoms. The molecular weight excluding hydrogens is 158 g/mol. The largest absolute Gasteiger partial charge is 1.00 e. The Kier molecular flexibility index (Phi) is 3.57. The van der Waals surface area contributed by atoms with E-state index < -0.39 is 0 Å². The Labute approximate surface area is 79.4 Å². The third-order valence-electron chi connectivity index (χ3n) is 1.61. The monoisotopic (exact) mass is 173 g/mol.